The lowest BCUT2D eigenvalue weighted by Crippen LogP contribution is -2.75. The fraction of sp³-hybridized carbons (Fsp3) is 0. The molecule has 232 valence electrons. The van der Waals surface area contributed by atoms with Gasteiger partial charge in [0, 0.05) is 10.8 Å². The van der Waals surface area contributed by atoms with E-state index in [9.17, 15) is 15.8 Å². The van der Waals surface area contributed by atoms with Gasteiger partial charge in [-0.1, -0.05) is 133 Å². The zero-order chi connectivity index (χ0) is 34.1. The molecule has 0 aliphatic rings. The molecule has 0 atom stereocenters. The average molecular weight is 653 g/mol. The molecule has 8 rings (SSSR count). The number of fused-ring (bicyclic) bond motifs is 3. The number of nitrogens with zero attached hydrogens (tertiary/aromatic N) is 4. The lowest BCUT2D eigenvalue weighted by atomic mass is 9.98. The molecule has 4 nitrogen and oxygen atoms in total. The molecule has 50 heavy (non-hydrogen) atoms. The Bertz CT molecular complexity index is 2580. The van der Waals surface area contributed by atoms with Crippen LogP contribution in [0.1, 0.15) is 16.7 Å². The van der Waals surface area contributed by atoms with Gasteiger partial charge < -0.3 is 4.57 Å². The van der Waals surface area contributed by atoms with E-state index in [4.69, 9.17) is 0 Å². The Hall–Kier alpha value is -6.97. The maximum Gasteiger partial charge on any atom is 0.180 e. The van der Waals surface area contributed by atoms with Crippen molar-refractivity contribution in [3.63, 3.8) is 0 Å². The first-order chi connectivity index (χ1) is 24.7. The van der Waals surface area contributed by atoms with Crippen molar-refractivity contribution < 1.29 is 0 Å². The summed E-state index contributed by atoms with van der Waals surface area (Å²) >= 11 is 0. The lowest BCUT2D eigenvalue weighted by Gasteiger charge is -2.35. The van der Waals surface area contributed by atoms with Crippen LogP contribution in [-0.2, 0) is 0 Å². The highest BCUT2D eigenvalue weighted by Crippen LogP contribution is 2.35. The summed E-state index contributed by atoms with van der Waals surface area (Å²) in [5, 5.41) is 37.8. The first-order valence-corrected chi connectivity index (χ1v) is 18.4. The zero-order valence-corrected chi connectivity index (χ0v) is 28.0. The topological polar surface area (TPSA) is 76.3 Å². The predicted octanol–water partition coefficient (Wildman–Crippen LogP) is 7.44. The van der Waals surface area contributed by atoms with Crippen molar-refractivity contribution >= 4 is 50.6 Å². The summed E-state index contributed by atoms with van der Waals surface area (Å²) in [6, 6.07) is 64.8. The van der Waals surface area contributed by atoms with Gasteiger partial charge in [-0.15, -0.1) is 0 Å². The standard InChI is InChI=1S/C45H28N4Si/c46-29-32-23-25-44-40(27-32)39-19-10-11-21-43(39)49(44)42-26-24-33(28-34(42)30-47)38-20-12-22-45(41(38)31-48)50(35-13-4-1-5-14-35,36-15-6-2-7-16-36)37-17-8-3-9-18-37/h1-28H. The average Bonchev–Trinajstić information content (AvgIpc) is 3.52. The Labute approximate surface area is 291 Å². The summed E-state index contributed by atoms with van der Waals surface area (Å²) < 4.78 is 2.09. The molecule has 0 saturated carbocycles. The number of rotatable bonds is 6. The van der Waals surface area contributed by atoms with Crippen LogP contribution < -0.4 is 20.7 Å². The first kappa shape index (κ1) is 30.4. The fourth-order valence-corrected chi connectivity index (χ4v) is 12.5. The molecule has 7 aromatic carbocycles. The Morgan fingerprint density at radius 2 is 1.06 bits per heavy atom. The minimum absolute atomic E-state index is 0.487. The highest BCUT2D eigenvalue weighted by molar-refractivity contribution is 7.20. The van der Waals surface area contributed by atoms with Crippen LogP contribution in [0.4, 0.5) is 0 Å². The molecule has 0 unspecified atom stereocenters. The molecule has 0 spiro atoms. The van der Waals surface area contributed by atoms with Crippen LogP contribution in [0.15, 0.2) is 170 Å². The van der Waals surface area contributed by atoms with Crippen molar-refractivity contribution in [1.82, 2.24) is 4.57 Å². The Morgan fingerprint density at radius 1 is 0.460 bits per heavy atom. The summed E-state index contributed by atoms with van der Waals surface area (Å²) in [7, 11) is -2.99. The van der Waals surface area contributed by atoms with Gasteiger partial charge in [-0.2, -0.15) is 15.8 Å². The minimum Gasteiger partial charge on any atom is -0.308 e. The molecule has 8 aromatic rings. The van der Waals surface area contributed by atoms with Gasteiger partial charge >= 0.3 is 0 Å². The zero-order valence-electron chi connectivity index (χ0n) is 27.0. The summed E-state index contributed by atoms with van der Waals surface area (Å²) in [5.41, 5.74) is 5.87. The van der Waals surface area contributed by atoms with Crippen LogP contribution in [0.2, 0.25) is 0 Å². The second kappa shape index (κ2) is 12.6. The van der Waals surface area contributed by atoms with Crippen LogP contribution in [-0.4, -0.2) is 12.6 Å². The highest BCUT2D eigenvalue weighted by Gasteiger charge is 2.43. The van der Waals surface area contributed by atoms with E-state index in [2.05, 4.69) is 102 Å². The molecule has 0 N–H and O–H groups in total. The van der Waals surface area contributed by atoms with Gasteiger partial charge in [-0.05, 0) is 68.3 Å². The third-order valence-corrected chi connectivity index (χ3v) is 14.5. The van der Waals surface area contributed by atoms with E-state index in [1.165, 1.54) is 15.6 Å². The number of benzene rings is 7. The highest BCUT2D eigenvalue weighted by atomic mass is 28.3. The smallest absolute Gasteiger partial charge is 0.180 e. The van der Waals surface area contributed by atoms with Crippen LogP contribution in [0.25, 0.3) is 38.6 Å². The van der Waals surface area contributed by atoms with E-state index in [1.54, 1.807) is 0 Å². The van der Waals surface area contributed by atoms with Gasteiger partial charge in [0.15, 0.2) is 8.07 Å². The summed E-state index contributed by atoms with van der Waals surface area (Å²) in [4.78, 5) is 0. The fourth-order valence-electron chi connectivity index (χ4n) is 7.55. The van der Waals surface area contributed by atoms with Crippen molar-refractivity contribution in [3.8, 4) is 35.0 Å². The molecule has 0 radical (unpaired) electrons. The van der Waals surface area contributed by atoms with Crippen molar-refractivity contribution in [2.75, 3.05) is 0 Å². The largest absolute Gasteiger partial charge is 0.308 e. The molecule has 1 heterocycles. The monoisotopic (exact) mass is 652 g/mol. The SMILES string of the molecule is N#Cc1ccc2c(c1)c1ccccc1n2-c1ccc(-c2cccc([Si](c3ccccc3)(c3ccccc3)c3ccccc3)c2C#N)cc1C#N. The second-order valence-electron chi connectivity index (χ2n) is 12.2. The third kappa shape index (κ3) is 4.72. The molecular formula is C45H28N4Si. The van der Waals surface area contributed by atoms with Gasteiger partial charge in [0.25, 0.3) is 0 Å². The first-order valence-electron chi connectivity index (χ1n) is 16.4. The minimum atomic E-state index is -2.99. The maximum atomic E-state index is 11.1. The number of aromatic nitrogens is 1. The molecule has 0 amide bonds. The number of nitriles is 3. The van der Waals surface area contributed by atoms with Crippen LogP contribution >= 0.6 is 0 Å². The van der Waals surface area contributed by atoms with Crippen molar-refractivity contribution in [1.29, 1.82) is 15.8 Å². The van der Waals surface area contributed by atoms with E-state index in [1.807, 2.05) is 91.0 Å². The van der Waals surface area contributed by atoms with Gasteiger partial charge in [0.1, 0.15) is 6.07 Å². The van der Waals surface area contributed by atoms with E-state index in [0.717, 1.165) is 43.8 Å². The summed E-state index contributed by atoms with van der Waals surface area (Å²) in [6.45, 7) is 0. The quantitative estimate of drug-likeness (QED) is 0.138. The molecular weight excluding hydrogens is 625 g/mol. The van der Waals surface area contributed by atoms with Gasteiger partial charge in [-0.25, -0.2) is 0 Å². The molecule has 0 saturated heterocycles. The molecule has 0 aliphatic carbocycles. The lowest BCUT2D eigenvalue weighted by molar-refractivity contribution is 1.17. The Morgan fingerprint density at radius 3 is 1.66 bits per heavy atom. The maximum absolute atomic E-state index is 11.1. The third-order valence-electron chi connectivity index (χ3n) is 9.67. The Kier molecular flexibility index (Phi) is 7.63. The Balaban J connectivity index is 1.38. The molecule has 1 aromatic heterocycles. The second-order valence-corrected chi connectivity index (χ2v) is 16.0. The number of para-hydroxylation sites is 1. The van der Waals surface area contributed by atoms with Crippen molar-refractivity contribution in [2.45, 2.75) is 0 Å². The van der Waals surface area contributed by atoms with Gasteiger partial charge in [0.05, 0.1) is 45.5 Å². The van der Waals surface area contributed by atoms with Gasteiger partial charge in [-0.3, -0.25) is 0 Å². The summed E-state index contributed by atoms with van der Waals surface area (Å²) in [5.74, 6) is 0. The molecule has 5 heteroatoms. The van der Waals surface area contributed by atoms with Crippen LogP contribution in [0, 0.1) is 34.0 Å². The van der Waals surface area contributed by atoms with Crippen LogP contribution in [0.5, 0.6) is 0 Å². The van der Waals surface area contributed by atoms with E-state index in [0.29, 0.717) is 16.7 Å². The van der Waals surface area contributed by atoms with Crippen LogP contribution in [0.3, 0.4) is 0 Å². The van der Waals surface area contributed by atoms with E-state index in [-0.39, 0.29) is 0 Å². The van der Waals surface area contributed by atoms with Crippen molar-refractivity contribution in [3.05, 3.63) is 187 Å². The van der Waals surface area contributed by atoms with Crippen molar-refractivity contribution in [2.24, 2.45) is 0 Å². The van der Waals surface area contributed by atoms with E-state index >= 15 is 0 Å². The van der Waals surface area contributed by atoms with Gasteiger partial charge in [0.2, 0.25) is 0 Å². The molecule has 0 aliphatic heterocycles. The number of hydrogen-bond donors (Lipinski definition) is 0. The van der Waals surface area contributed by atoms with E-state index < -0.39 is 8.07 Å². The summed E-state index contributed by atoms with van der Waals surface area (Å²) in [6.07, 6.45) is 0. The normalized spacial score (nSPS) is 11.1. The predicted molar refractivity (Wildman–Crippen MR) is 204 cm³/mol. The number of hydrogen-bond acceptors (Lipinski definition) is 3. The molecule has 0 fully saturated rings. The molecule has 0 bridgehead atoms.